The van der Waals surface area contributed by atoms with Gasteiger partial charge < -0.3 is 10.6 Å². The summed E-state index contributed by atoms with van der Waals surface area (Å²) in [5.74, 6) is 2.51. The molecule has 0 spiro atoms. The summed E-state index contributed by atoms with van der Waals surface area (Å²) in [5.41, 5.74) is 2.64. The largest absolute Gasteiger partial charge is 0.370 e. The number of rotatable bonds is 5. The van der Waals surface area contributed by atoms with Crippen molar-refractivity contribution < 1.29 is 0 Å². The molecule has 0 aliphatic rings. The maximum Gasteiger partial charge on any atom is 0.132 e. The smallest absolute Gasteiger partial charge is 0.132 e. The normalized spacial score (nSPS) is 10.4. The van der Waals surface area contributed by atoms with Gasteiger partial charge in [-0.15, -0.1) is 0 Å². The highest BCUT2D eigenvalue weighted by molar-refractivity contribution is 7.08. The van der Waals surface area contributed by atoms with Crippen LogP contribution in [0, 0.1) is 13.8 Å². The predicted molar refractivity (Wildman–Crippen MR) is 77.3 cm³/mol. The molecule has 2 aromatic heterocycles. The number of hydrogen-bond donors (Lipinski definition) is 2. The van der Waals surface area contributed by atoms with Crippen LogP contribution in [0.1, 0.15) is 23.9 Å². The number of nitrogens with one attached hydrogen (secondary N) is 2. The molecule has 5 heteroatoms. The number of anilines is 2. The van der Waals surface area contributed by atoms with Gasteiger partial charge in [0.1, 0.15) is 17.5 Å². The molecule has 0 fully saturated rings. The van der Waals surface area contributed by atoms with Crippen LogP contribution in [-0.4, -0.2) is 16.5 Å². The zero-order valence-electron chi connectivity index (χ0n) is 10.9. The van der Waals surface area contributed by atoms with Gasteiger partial charge in [0.15, 0.2) is 0 Å². The summed E-state index contributed by atoms with van der Waals surface area (Å²) in [7, 11) is 0. The van der Waals surface area contributed by atoms with Crippen molar-refractivity contribution in [3.63, 3.8) is 0 Å². The third-order valence-electron chi connectivity index (χ3n) is 2.62. The van der Waals surface area contributed by atoms with Crippen LogP contribution in [0.5, 0.6) is 0 Å². The van der Waals surface area contributed by atoms with Crippen LogP contribution in [0.15, 0.2) is 16.8 Å². The predicted octanol–water partition coefficient (Wildman–Crippen LogP) is 3.20. The van der Waals surface area contributed by atoms with E-state index in [1.165, 1.54) is 11.1 Å². The van der Waals surface area contributed by atoms with Crippen molar-refractivity contribution in [1.29, 1.82) is 0 Å². The van der Waals surface area contributed by atoms with E-state index < -0.39 is 0 Å². The molecule has 2 heterocycles. The molecule has 0 radical (unpaired) electrons. The summed E-state index contributed by atoms with van der Waals surface area (Å²) < 4.78 is 0. The molecule has 4 nitrogen and oxygen atoms in total. The van der Waals surface area contributed by atoms with E-state index in [1.54, 1.807) is 11.3 Å². The molecule has 0 aliphatic carbocycles. The SMILES string of the molecule is CCNc1cc(NCc2cscc2C)nc(C)n1. The van der Waals surface area contributed by atoms with E-state index in [9.17, 15) is 0 Å². The molecule has 0 amide bonds. The Balaban J connectivity index is 2.07. The standard InChI is InChI=1S/C13H18N4S/c1-4-14-12-5-13(17-10(3)16-12)15-6-11-8-18-7-9(11)2/h5,7-8H,4,6H2,1-3H3,(H2,14,15,16,17). The van der Waals surface area contributed by atoms with Gasteiger partial charge in [0, 0.05) is 19.2 Å². The maximum atomic E-state index is 4.39. The minimum Gasteiger partial charge on any atom is -0.370 e. The third kappa shape index (κ3) is 3.20. The Morgan fingerprint density at radius 2 is 1.83 bits per heavy atom. The van der Waals surface area contributed by atoms with Crippen LogP contribution in [0.3, 0.4) is 0 Å². The van der Waals surface area contributed by atoms with Gasteiger partial charge in [0.05, 0.1) is 0 Å². The monoisotopic (exact) mass is 262 g/mol. The average Bonchev–Trinajstić information content (AvgIpc) is 2.72. The number of thiophene rings is 1. The molecule has 2 N–H and O–H groups in total. The fourth-order valence-corrected chi connectivity index (χ4v) is 2.54. The lowest BCUT2D eigenvalue weighted by Crippen LogP contribution is -2.06. The van der Waals surface area contributed by atoms with Crippen LogP contribution in [-0.2, 0) is 6.54 Å². The molecule has 0 aromatic carbocycles. The first-order valence-electron chi connectivity index (χ1n) is 6.04. The van der Waals surface area contributed by atoms with Crippen molar-refractivity contribution in [2.24, 2.45) is 0 Å². The Morgan fingerprint density at radius 3 is 2.44 bits per heavy atom. The first-order chi connectivity index (χ1) is 8.69. The first kappa shape index (κ1) is 12.8. The zero-order chi connectivity index (χ0) is 13.0. The third-order valence-corrected chi connectivity index (χ3v) is 3.53. The Bertz CT molecular complexity index is 521. The van der Waals surface area contributed by atoms with E-state index in [4.69, 9.17) is 0 Å². The van der Waals surface area contributed by atoms with Crippen molar-refractivity contribution in [3.8, 4) is 0 Å². The molecule has 0 atom stereocenters. The molecular formula is C13H18N4S. The number of aryl methyl sites for hydroxylation is 2. The van der Waals surface area contributed by atoms with Gasteiger partial charge in [-0.2, -0.15) is 11.3 Å². The minimum atomic E-state index is 0.776. The lowest BCUT2D eigenvalue weighted by Gasteiger charge is -2.09. The van der Waals surface area contributed by atoms with Gasteiger partial charge >= 0.3 is 0 Å². The molecule has 96 valence electrons. The van der Waals surface area contributed by atoms with Crippen LogP contribution < -0.4 is 10.6 Å². The van der Waals surface area contributed by atoms with Crippen molar-refractivity contribution in [3.05, 3.63) is 33.8 Å². The molecule has 0 bridgehead atoms. The van der Waals surface area contributed by atoms with Crippen molar-refractivity contribution in [2.45, 2.75) is 27.3 Å². The topological polar surface area (TPSA) is 49.8 Å². The van der Waals surface area contributed by atoms with E-state index in [0.29, 0.717) is 0 Å². The van der Waals surface area contributed by atoms with E-state index >= 15 is 0 Å². The summed E-state index contributed by atoms with van der Waals surface area (Å²) in [5, 5.41) is 10.9. The second-order valence-electron chi connectivity index (χ2n) is 4.15. The molecule has 2 aromatic rings. The Labute approximate surface area is 111 Å². The first-order valence-corrected chi connectivity index (χ1v) is 6.98. The summed E-state index contributed by atoms with van der Waals surface area (Å²) in [4.78, 5) is 8.71. The number of aromatic nitrogens is 2. The summed E-state index contributed by atoms with van der Waals surface area (Å²) in [6.45, 7) is 7.75. The van der Waals surface area contributed by atoms with Crippen LogP contribution in [0.2, 0.25) is 0 Å². The number of hydrogen-bond acceptors (Lipinski definition) is 5. The van der Waals surface area contributed by atoms with E-state index in [0.717, 1.165) is 30.5 Å². The summed E-state index contributed by atoms with van der Waals surface area (Å²) >= 11 is 1.73. The molecule has 18 heavy (non-hydrogen) atoms. The maximum absolute atomic E-state index is 4.39. The van der Waals surface area contributed by atoms with Gasteiger partial charge in [0.25, 0.3) is 0 Å². The van der Waals surface area contributed by atoms with E-state index in [-0.39, 0.29) is 0 Å². The second-order valence-corrected chi connectivity index (χ2v) is 4.89. The van der Waals surface area contributed by atoms with Crippen LogP contribution in [0.25, 0.3) is 0 Å². The average molecular weight is 262 g/mol. The fraction of sp³-hybridized carbons (Fsp3) is 0.385. The number of nitrogens with zero attached hydrogens (tertiary/aromatic N) is 2. The highest BCUT2D eigenvalue weighted by Crippen LogP contribution is 2.16. The summed E-state index contributed by atoms with van der Waals surface area (Å²) in [6, 6.07) is 1.94. The van der Waals surface area contributed by atoms with Crippen molar-refractivity contribution in [2.75, 3.05) is 17.2 Å². The Morgan fingerprint density at radius 1 is 1.11 bits per heavy atom. The lowest BCUT2D eigenvalue weighted by molar-refractivity contribution is 1.01. The summed E-state index contributed by atoms with van der Waals surface area (Å²) in [6.07, 6.45) is 0. The quantitative estimate of drug-likeness (QED) is 0.869. The van der Waals surface area contributed by atoms with Crippen LogP contribution in [0.4, 0.5) is 11.6 Å². The van der Waals surface area contributed by atoms with Gasteiger partial charge in [-0.1, -0.05) is 0 Å². The highest BCUT2D eigenvalue weighted by atomic mass is 32.1. The zero-order valence-corrected chi connectivity index (χ0v) is 11.8. The van der Waals surface area contributed by atoms with Gasteiger partial charge in [-0.05, 0) is 42.7 Å². The molecular weight excluding hydrogens is 244 g/mol. The van der Waals surface area contributed by atoms with Crippen LogP contribution >= 0.6 is 11.3 Å². The Hall–Kier alpha value is -1.62. The Kier molecular flexibility index (Phi) is 4.15. The van der Waals surface area contributed by atoms with Crippen molar-refractivity contribution in [1.82, 2.24) is 9.97 Å². The van der Waals surface area contributed by atoms with E-state index in [2.05, 4.69) is 45.2 Å². The van der Waals surface area contributed by atoms with Gasteiger partial charge in [0.2, 0.25) is 0 Å². The minimum absolute atomic E-state index is 0.776. The van der Waals surface area contributed by atoms with Gasteiger partial charge in [-0.25, -0.2) is 9.97 Å². The van der Waals surface area contributed by atoms with E-state index in [1.807, 2.05) is 13.0 Å². The molecule has 0 unspecified atom stereocenters. The highest BCUT2D eigenvalue weighted by Gasteiger charge is 2.03. The molecule has 0 saturated carbocycles. The molecule has 2 rings (SSSR count). The molecule has 0 saturated heterocycles. The molecule has 0 aliphatic heterocycles. The van der Waals surface area contributed by atoms with Crippen molar-refractivity contribution >= 4 is 23.0 Å². The van der Waals surface area contributed by atoms with Gasteiger partial charge in [-0.3, -0.25) is 0 Å². The second kappa shape index (κ2) is 5.82. The lowest BCUT2D eigenvalue weighted by atomic mass is 10.2. The fourth-order valence-electron chi connectivity index (χ4n) is 1.68.